The van der Waals surface area contributed by atoms with Gasteiger partial charge in [0.15, 0.2) is 0 Å². The summed E-state index contributed by atoms with van der Waals surface area (Å²) in [6.45, 7) is 0.952. The van der Waals surface area contributed by atoms with Crippen LogP contribution in [0.4, 0.5) is 9.18 Å². The fraction of sp³-hybridized carbons (Fsp3) is 0.200. The second kappa shape index (κ2) is 6.63. The Balaban J connectivity index is 1.55. The summed E-state index contributed by atoms with van der Waals surface area (Å²) in [4.78, 5) is 26.6. The van der Waals surface area contributed by atoms with Crippen LogP contribution >= 0.6 is 0 Å². The highest BCUT2D eigenvalue weighted by atomic mass is 19.1. The zero-order valence-electron chi connectivity index (χ0n) is 14.0. The molecule has 2 aliphatic rings. The fourth-order valence-corrected chi connectivity index (χ4v) is 3.42. The molecule has 2 N–H and O–H groups in total. The van der Waals surface area contributed by atoms with Gasteiger partial charge in [0.1, 0.15) is 5.82 Å². The summed E-state index contributed by atoms with van der Waals surface area (Å²) >= 11 is 0. The van der Waals surface area contributed by atoms with Crippen LogP contribution in [0.15, 0.2) is 65.9 Å². The summed E-state index contributed by atoms with van der Waals surface area (Å²) in [5, 5.41) is 5.51. The zero-order chi connectivity index (χ0) is 18.1. The zero-order valence-corrected chi connectivity index (χ0v) is 14.0. The Morgan fingerprint density at radius 3 is 2.50 bits per heavy atom. The fourth-order valence-electron chi connectivity index (χ4n) is 3.42. The Kier molecular flexibility index (Phi) is 4.16. The van der Waals surface area contributed by atoms with Crippen LogP contribution in [0.1, 0.15) is 17.2 Å². The molecule has 0 unspecified atom stereocenters. The number of nitrogens with one attached hydrogen (secondary N) is 2. The number of nitrogens with zero attached hydrogens (tertiary/aromatic N) is 1. The summed E-state index contributed by atoms with van der Waals surface area (Å²) in [7, 11) is 0. The third-order valence-corrected chi connectivity index (χ3v) is 4.74. The number of urea groups is 1. The monoisotopic (exact) mass is 351 g/mol. The number of benzene rings is 2. The van der Waals surface area contributed by atoms with Crippen LogP contribution in [0.2, 0.25) is 0 Å². The van der Waals surface area contributed by atoms with Crippen molar-refractivity contribution in [1.29, 1.82) is 0 Å². The molecule has 2 aromatic carbocycles. The molecule has 1 atom stereocenters. The van der Waals surface area contributed by atoms with E-state index < -0.39 is 6.04 Å². The molecule has 3 amide bonds. The standard InChI is InChI=1S/C20H18FN3O2/c21-15-8-6-14(7-9-15)18-17-16(22-20(26)23-18)12-24(19(17)25)11-10-13-4-2-1-3-5-13/h1-9,18H,10-12H2,(H2,22,23,26)/t18-/m0/s1. The van der Waals surface area contributed by atoms with E-state index in [2.05, 4.69) is 10.6 Å². The van der Waals surface area contributed by atoms with E-state index in [0.717, 1.165) is 12.0 Å². The average Bonchev–Trinajstić information content (AvgIpc) is 2.96. The molecule has 5 nitrogen and oxygen atoms in total. The van der Waals surface area contributed by atoms with Crippen molar-refractivity contribution < 1.29 is 14.0 Å². The lowest BCUT2D eigenvalue weighted by Crippen LogP contribution is -2.44. The van der Waals surface area contributed by atoms with Gasteiger partial charge in [0.05, 0.1) is 23.9 Å². The first-order chi connectivity index (χ1) is 12.6. The number of carbonyl (C=O) groups excluding carboxylic acids is 2. The first kappa shape index (κ1) is 16.3. The Labute approximate surface area is 150 Å². The van der Waals surface area contributed by atoms with E-state index in [-0.39, 0.29) is 17.8 Å². The number of rotatable bonds is 4. The molecule has 0 saturated carbocycles. The van der Waals surface area contributed by atoms with Gasteiger partial charge in [-0.15, -0.1) is 0 Å². The van der Waals surface area contributed by atoms with Crippen LogP contribution in [-0.4, -0.2) is 29.9 Å². The third-order valence-electron chi connectivity index (χ3n) is 4.74. The van der Waals surface area contributed by atoms with Crippen LogP contribution in [0.3, 0.4) is 0 Å². The van der Waals surface area contributed by atoms with Crippen LogP contribution in [0, 0.1) is 5.82 Å². The molecule has 0 aliphatic carbocycles. The quantitative estimate of drug-likeness (QED) is 0.889. The summed E-state index contributed by atoms with van der Waals surface area (Å²) in [5.41, 5.74) is 3.00. The lowest BCUT2D eigenvalue weighted by atomic mass is 9.96. The van der Waals surface area contributed by atoms with E-state index in [0.29, 0.717) is 29.9 Å². The Morgan fingerprint density at radius 1 is 1.04 bits per heavy atom. The maximum Gasteiger partial charge on any atom is 0.319 e. The van der Waals surface area contributed by atoms with E-state index in [1.807, 2.05) is 30.3 Å². The van der Waals surface area contributed by atoms with Crippen molar-refractivity contribution in [2.75, 3.05) is 13.1 Å². The van der Waals surface area contributed by atoms with Crippen molar-refractivity contribution in [1.82, 2.24) is 15.5 Å². The van der Waals surface area contributed by atoms with E-state index in [1.165, 1.54) is 12.1 Å². The van der Waals surface area contributed by atoms with Crippen molar-refractivity contribution in [3.63, 3.8) is 0 Å². The molecule has 0 saturated heterocycles. The van der Waals surface area contributed by atoms with Gasteiger partial charge in [0.25, 0.3) is 5.91 Å². The third kappa shape index (κ3) is 3.06. The van der Waals surface area contributed by atoms with Gasteiger partial charge >= 0.3 is 6.03 Å². The summed E-state index contributed by atoms with van der Waals surface area (Å²) in [6.07, 6.45) is 0.746. The predicted octanol–water partition coefficient (Wildman–Crippen LogP) is 2.52. The molecule has 0 bridgehead atoms. The van der Waals surface area contributed by atoms with Crippen LogP contribution in [-0.2, 0) is 11.2 Å². The van der Waals surface area contributed by atoms with Gasteiger partial charge in [0.2, 0.25) is 0 Å². The van der Waals surface area contributed by atoms with Crippen molar-refractivity contribution in [3.8, 4) is 0 Å². The number of carbonyl (C=O) groups is 2. The molecule has 0 fully saturated rings. The minimum atomic E-state index is -0.562. The Hall–Kier alpha value is -3.15. The van der Waals surface area contributed by atoms with Gasteiger partial charge in [-0.05, 0) is 29.7 Å². The molecular formula is C20H18FN3O2. The number of hydrogen-bond acceptors (Lipinski definition) is 2. The molecule has 6 heteroatoms. The van der Waals surface area contributed by atoms with Gasteiger partial charge in [-0.25, -0.2) is 9.18 Å². The second-order valence-electron chi connectivity index (χ2n) is 6.44. The normalized spacial score (nSPS) is 19.3. The van der Waals surface area contributed by atoms with E-state index in [1.54, 1.807) is 17.0 Å². The van der Waals surface area contributed by atoms with Crippen LogP contribution in [0.5, 0.6) is 0 Å². The maximum atomic E-state index is 13.2. The molecule has 2 aromatic rings. The largest absolute Gasteiger partial charge is 0.333 e. The molecule has 132 valence electrons. The van der Waals surface area contributed by atoms with Gasteiger partial charge in [-0.3, -0.25) is 4.79 Å². The van der Waals surface area contributed by atoms with Crippen LogP contribution < -0.4 is 10.6 Å². The van der Waals surface area contributed by atoms with Gasteiger partial charge in [-0.1, -0.05) is 42.5 Å². The first-order valence-corrected chi connectivity index (χ1v) is 8.51. The van der Waals surface area contributed by atoms with E-state index in [9.17, 15) is 14.0 Å². The molecule has 26 heavy (non-hydrogen) atoms. The maximum absolute atomic E-state index is 13.2. The Bertz CT molecular complexity index is 878. The van der Waals surface area contributed by atoms with Gasteiger partial charge in [-0.2, -0.15) is 0 Å². The highest BCUT2D eigenvalue weighted by molar-refractivity contribution is 6.01. The summed E-state index contributed by atoms with van der Waals surface area (Å²) in [5.74, 6) is -0.455. The number of halogens is 1. The molecule has 2 aliphatic heterocycles. The molecular weight excluding hydrogens is 333 g/mol. The first-order valence-electron chi connectivity index (χ1n) is 8.51. The van der Waals surface area contributed by atoms with Crippen LogP contribution in [0.25, 0.3) is 0 Å². The minimum absolute atomic E-state index is 0.0993. The lowest BCUT2D eigenvalue weighted by molar-refractivity contribution is -0.125. The molecule has 0 radical (unpaired) electrons. The highest BCUT2D eigenvalue weighted by Gasteiger charge is 2.40. The minimum Gasteiger partial charge on any atom is -0.333 e. The van der Waals surface area contributed by atoms with Crippen molar-refractivity contribution >= 4 is 11.9 Å². The lowest BCUT2D eigenvalue weighted by Gasteiger charge is -2.25. The topological polar surface area (TPSA) is 61.4 Å². The predicted molar refractivity (Wildman–Crippen MR) is 94.6 cm³/mol. The average molecular weight is 351 g/mol. The molecule has 0 aromatic heterocycles. The second-order valence-corrected chi connectivity index (χ2v) is 6.44. The molecule has 0 spiro atoms. The van der Waals surface area contributed by atoms with Gasteiger partial charge in [0, 0.05) is 6.54 Å². The summed E-state index contributed by atoms with van der Waals surface area (Å²) in [6, 6.07) is 14.9. The van der Waals surface area contributed by atoms with Crippen molar-refractivity contribution in [2.45, 2.75) is 12.5 Å². The van der Waals surface area contributed by atoms with Crippen molar-refractivity contribution in [3.05, 3.63) is 82.8 Å². The smallest absolute Gasteiger partial charge is 0.319 e. The highest BCUT2D eigenvalue weighted by Crippen LogP contribution is 2.32. The van der Waals surface area contributed by atoms with Gasteiger partial charge < -0.3 is 15.5 Å². The van der Waals surface area contributed by atoms with Crippen molar-refractivity contribution in [2.24, 2.45) is 0 Å². The molecule has 2 heterocycles. The van der Waals surface area contributed by atoms with E-state index >= 15 is 0 Å². The SMILES string of the molecule is O=C1NC2=C(C(=O)N(CCc3ccccc3)C2)[C@H](c2ccc(F)cc2)N1. The summed E-state index contributed by atoms with van der Waals surface area (Å²) < 4.78 is 13.2. The number of amides is 3. The van der Waals surface area contributed by atoms with E-state index in [4.69, 9.17) is 0 Å². The number of hydrogen-bond donors (Lipinski definition) is 2. The Morgan fingerprint density at radius 2 is 1.77 bits per heavy atom. The molecule has 4 rings (SSSR count).